The SMILES string of the molecule is O=C(O)C1(c2cc(C3CC3)on2)CC1. The van der Waals surface area contributed by atoms with Crippen LogP contribution in [-0.4, -0.2) is 16.2 Å². The summed E-state index contributed by atoms with van der Waals surface area (Å²) in [5.74, 6) is 0.599. The van der Waals surface area contributed by atoms with Crippen LogP contribution in [0, 0.1) is 0 Å². The molecule has 0 radical (unpaired) electrons. The Labute approximate surface area is 80.9 Å². The Morgan fingerprint density at radius 2 is 2.29 bits per heavy atom. The smallest absolute Gasteiger partial charge is 0.315 e. The van der Waals surface area contributed by atoms with Crippen molar-refractivity contribution >= 4 is 5.97 Å². The molecule has 2 fully saturated rings. The van der Waals surface area contributed by atoms with Crippen LogP contribution in [0.15, 0.2) is 10.6 Å². The van der Waals surface area contributed by atoms with E-state index in [0.717, 1.165) is 18.6 Å². The highest BCUT2D eigenvalue weighted by molar-refractivity contribution is 5.84. The monoisotopic (exact) mass is 193 g/mol. The summed E-state index contributed by atoms with van der Waals surface area (Å²) < 4.78 is 5.15. The van der Waals surface area contributed by atoms with Gasteiger partial charge < -0.3 is 9.63 Å². The zero-order valence-electron chi connectivity index (χ0n) is 7.69. The lowest BCUT2D eigenvalue weighted by molar-refractivity contribution is -0.140. The van der Waals surface area contributed by atoms with Gasteiger partial charge in [-0.05, 0) is 25.7 Å². The van der Waals surface area contributed by atoms with Gasteiger partial charge in [-0.25, -0.2) is 0 Å². The molecule has 0 bridgehead atoms. The summed E-state index contributed by atoms with van der Waals surface area (Å²) in [6.07, 6.45) is 3.68. The van der Waals surface area contributed by atoms with E-state index in [4.69, 9.17) is 9.63 Å². The van der Waals surface area contributed by atoms with Gasteiger partial charge in [0.05, 0.1) is 0 Å². The summed E-state index contributed by atoms with van der Waals surface area (Å²) in [6, 6.07) is 1.83. The topological polar surface area (TPSA) is 63.3 Å². The number of aliphatic carboxylic acids is 1. The summed E-state index contributed by atoms with van der Waals surface area (Å²) in [6.45, 7) is 0. The number of hydrogen-bond acceptors (Lipinski definition) is 3. The Morgan fingerprint density at radius 1 is 1.57 bits per heavy atom. The van der Waals surface area contributed by atoms with Crippen LogP contribution in [0.25, 0.3) is 0 Å². The van der Waals surface area contributed by atoms with E-state index in [1.807, 2.05) is 6.07 Å². The van der Waals surface area contributed by atoms with Gasteiger partial charge >= 0.3 is 5.97 Å². The molecule has 4 heteroatoms. The third-order valence-electron chi connectivity index (χ3n) is 3.16. The molecule has 14 heavy (non-hydrogen) atoms. The van der Waals surface area contributed by atoms with Gasteiger partial charge in [0.2, 0.25) is 0 Å². The highest BCUT2D eigenvalue weighted by atomic mass is 16.5. The molecular weight excluding hydrogens is 182 g/mol. The minimum atomic E-state index is -0.770. The van der Waals surface area contributed by atoms with Crippen molar-refractivity contribution in [2.75, 3.05) is 0 Å². The van der Waals surface area contributed by atoms with Crippen LogP contribution in [0.5, 0.6) is 0 Å². The lowest BCUT2D eigenvalue weighted by atomic mass is 10.0. The highest BCUT2D eigenvalue weighted by Gasteiger charge is 2.54. The summed E-state index contributed by atoms with van der Waals surface area (Å²) >= 11 is 0. The summed E-state index contributed by atoms with van der Waals surface area (Å²) in [5, 5.41) is 12.9. The van der Waals surface area contributed by atoms with Crippen molar-refractivity contribution in [3.63, 3.8) is 0 Å². The molecule has 4 nitrogen and oxygen atoms in total. The van der Waals surface area contributed by atoms with E-state index in [1.165, 1.54) is 0 Å². The zero-order valence-corrected chi connectivity index (χ0v) is 7.69. The van der Waals surface area contributed by atoms with E-state index in [0.29, 0.717) is 24.5 Å². The maximum absolute atomic E-state index is 11.0. The maximum atomic E-state index is 11.0. The number of carboxylic acids is 1. The average molecular weight is 193 g/mol. The van der Waals surface area contributed by atoms with Crippen molar-refractivity contribution in [1.29, 1.82) is 0 Å². The molecular formula is C10H11NO3. The number of carboxylic acid groups (broad SMARTS) is 1. The molecule has 0 amide bonds. The molecule has 2 aliphatic rings. The van der Waals surface area contributed by atoms with E-state index >= 15 is 0 Å². The van der Waals surface area contributed by atoms with E-state index < -0.39 is 11.4 Å². The minimum absolute atomic E-state index is 0.501. The van der Waals surface area contributed by atoms with Crippen LogP contribution in [0.1, 0.15) is 43.1 Å². The Kier molecular flexibility index (Phi) is 1.36. The van der Waals surface area contributed by atoms with Crippen LogP contribution < -0.4 is 0 Å². The lowest BCUT2D eigenvalue weighted by Crippen LogP contribution is -2.19. The number of aromatic nitrogens is 1. The molecule has 0 atom stereocenters. The van der Waals surface area contributed by atoms with Gasteiger partial charge in [-0.3, -0.25) is 4.79 Å². The van der Waals surface area contributed by atoms with Crippen molar-refractivity contribution in [2.24, 2.45) is 0 Å². The van der Waals surface area contributed by atoms with Crippen molar-refractivity contribution < 1.29 is 14.4 Å². The van der Waals surface area contributed by atoms with Gasteiger partial charge in [0.25, 0.3) is 0 Å². The van der Waals surface area contributed by atoms with E-state index in [-0.39, 0.29) is 0 Å². The molecule has 3 rings (SSSR count). The first-order valence-electron chi connectivity index (χ1n) is 4.93. The number of nitrogens with zero attached hydrogens (tertiary/aromatic N) is 1. The molecule has 0 saturated heterocycles. The van der Waals surface area contributed by atoms with Crippen molar-refractivity contribution in [3.05, 3.63) is 17.5 Å². The first kappa shape index (κ1) is 8.03. The fourth-order valence-corrected chi connectivity index (χ4v) is 1.78. The molecule has 1 N–H and O–H groups in total. The zero-order chi connectivity index (χ0) is 9.76. The summed E-state index contributed by atoms with van der Waals surface area (Å²) in [7, 11) is 0. The molecule has 1 heterocycles. The van der Waals surface area contributed by atoms with Gasteiger partial charge in [0.1, 0.15) is 16.9 Å². The van der Waals surface area contributed by atoms with Gasteiger partial charge in [0.15, 0.2) is 0 Å². The number of hydrogen-bond donors (Lipinski definition) is 1. The summed E-state index contributed by atoms with van der Waals surface area (Å²) in [4.78, 5) is 11.0. The largest absolute Gasteiger partial charge is 0.481 e. The molecule has 1 aromatic rings. The van der Waals surface area contributed by atoms with Crippen molar-refractivity contribution in [3.8, 4) is 0 Å². The second-order valence-corrected chi connectivity index (χ2v) is 4.28. The molecule has 1 aromatic heterocycles. The Balaban J connectivity index is 1.92. The van der Waals surface area contributed by atoms with Gasteiger partial charge in [0, 0.05) is 12.0 Å². The Bertz CT molecular complexity index is 388. The number of carbonyl (C=O) groups is 1. The van der Waals surface area contributed by atoms with Crippen molar-refractivity contribution in [2.45, 2.75) is 37.0 Å². The van der Waals surface area contributed by atoms with Gasteiger partial charge in [-0.2, -0.15) is 0 Å². The lowest BCUT2D eigenvalue weighted by Gasteiger charge is -2.02. The molecule has 0 unspecified atom stereocenters. The molecule has 0 aliphatic heterocycles. The summed E-state index contributed by atoms with van der Waals surface area (Å²) in [5.41, 5.74) is -0.0942. The second kappa shape index (κ2) is 2.38. The normalized spacial score (nSPS) is 23.4. The maximum Gasteiger partial charge on any atom is 0.315 e. The van der Waals surface area contributed by atoms with E-state index in [9.17, 15) is 4.79 Å². The van der Waals surface area contributed by atoms with Crippen LogP contribution >= 0.6 is 0 Å². The average Bonchev–Trinajstić information content (AvgIpc) is 3.06. The second-order valence-electron chi connectivity index (χ2n) is 4.28. The van der Waals surface area contributed by atoms with Crippen LogP contribution in [-0.2, 0) is 10.2 Å². The first-order chi connectivity index (χ1) is 6.72. The number of rotatable bonds is 3. The van der Waals surface area contributed by atoms with Crippen LogP contribution in [0.2, 0.25) is 0 Å². The van der Waals surface area contributed by atoms with E-state index in [1.54, 1.807) is 0 Å². The highest BCUT2D eigenvalue weighted by Crippen LogP contribution is 2.49. The minimum Gasteiger partial charge on any atom is -0.481 e. The molecule has 74 valence electrons. The van der Waals surface area contributed by atoms with Crippen molar-refractivity contribution in [1.82, 2.24) is 5.16 Å². The first-order valence-corrected chi connectivity index (χ1v) is 4.93. The third kappa shape index (κ3) is 0.997. The molecule has 0 spiro atoms. The van der Waals surface area contributed by atoms with Crippen LogP contribution in [0.3, 0.4) is 0 Å². The molecule has 2 saturated carbocycles. The predicted octanol–water partition coefficient (Wildman–Crippen LogP) is 1.67. The van der Waals surface area contributed by atoms with E-state index in [2.05, 4.69) is 5.16 Å². The van der Waals surface area contributed by atoms with Gasteiger partial charge in [-0.15, -0.1) is 0 Å². The quantitative estimate of drug-likeness (QED) is 0.793. The Morgan fingerprint density at radius 3 is 2.79 bits per heavy atom. The third-order valence-corrected chi connectivity index (χ3v) is 3.16. The standard InChI is InChI=1S/C10H11NO3/c12-9(13)10(3-4-10)8-5-7(14-11-8)6-1-2-6/h5-6H,1-4H2,(H,12,13). The Hall–Kier alpha value is -1.32. The fraction of sp³-hybridized carbons (Fsp3) is 0.600. The molecule has 0 aromatic carbocycles. The van der Waals surface area contributed by atoms with Crippen LogP contribution in [0.4, 0.5) is 0 Å². The fourth-order valence-electron chi connectivity index (χ4n) is 1.78. The predicted molar refractivity (Wildman–Crippen MR) is 47.0 cm³/mol. The molecule has 2 aliphatic carbocycles. The van der Waals surface area contributed by atoms with Gasteiger partial charge in [-0.1, -0.05) is 5.16 Å².